The number of alkyl halides is 2. The van der Waals surface area contributed by atoms with Crippen LogP contribution >= 0.6 is 0 Å². The number of carbonyl (C=O) groups is 2. The largest absolute Gasteiger partial charge is 0.490 e. The minimum Gasteiger partial charge on any atom is -0.490 e. The second kappa shape index (κ2) is 7.92. The molecule has 0 atom stereocenters. The van der Waals surface area contributed by atoms with Gasteiger partial charge < -0.3 is 14.2 Å². The first-order chi connectivity index (χ1) is 13.9. The topological polar surface area (TPSA) is 61.8 Å². The first kappa shape index (κ1) is 20.1. The van der Waals surface area contributed by atoms with Crippen molar-refractivity contribution in [1.29, 1.82) is 0 Å². The fourth-order valence-electron chi connectivity index (χ4n) is 5.92. The highest BCUT2D eigenvalue weighted by Crippen LogP contribution is 2.60. The van der Waals surface area contributed by atoms with Gasteiger partial charge in [0.25, 0.3) is 0 Å². The number of halogens is 2. The van der Waals surface area contributed by atoms with E-state index in [0.29, 0.717) is 17.8 Å². The molecule has 0 amide bonds. The summed E-state index contributed by atoms with van der Waals surface area (Å²) in [5, 5.41) is 0. The van der Waals surface area contributed by atoms with Crippen LogP contribution in [0, 0.1) is 23.2 Å². The lowest BCUT2D eigenvalue weighted by Gasteiger charge is -2.55. The Morgan fingerprint density at radius 2 is 1.69 bits per heavy atom. The van der Waals surface area contributed by atoms with Gasteiger partial charge in [-0.25, -0.2) is 4.79 Å². The van der Waals surface area contributed by atoms with E-state index in [2.05, 4.69) is 4.74 Å². The fourth-order valence-corrected chi connectivity index (χ4v) is 5.92. The third-order valence-corrected chi connectivity index (χ3v) is 6.66. The molecule has 7 heteroatoms. The lowest BCUT2D eigenvalue weighted by molar-refractivity contribution is -0.147. The molecule has 4 aliphatic rings. The third-order valence-electron chi connectivity index (χ3n) is 6.66. The van der Waals surface area contributed by atoms with Crippen molar-refractivity contribution in [2.75, 3.05) is 13.2 Å². The maximum absolute atomic E-state index is 13.0. The lowest BCUT2D eigenvalue weighted by atomic mass is 9.48. The van der Waals surface area contributed by atoms with Crippen molar-refractivity contribution in [3.63, 3.8) is 0 Å². The maximum Gasteiger partial charge on any atom is 0.387 e. The van der Waals surface area contributed by atoms with Crippen molar-refractivity contribution < 1.29 is 32.6 Å². The molecule has 158 valence electrons. The van der Waals surface area contributed by atoms with Crippen LogP contribution in [0.1, 0.15) is 55.8 Å². The van der Waals surface area contributed by atoms with Gasteiger partial charge >= 0.3 is 12.6 Å². The summed E-state index contributed by atoms with van der Waals surface area (Å²) in [4.78, 5) is 25.4. The zero-order chi connectivity index (χ0) is 20.6. The minimum atomic E-state index is -3.00. The maximum atomic E-state index is 13.0. The van der Waals surface area contributed by atoms with Crippen LogP contribution in [0.5, 0.6) is 11.5 Å². The summed E-state index contributed by atoms with van der Waals surface area (Å²) < 4.78 is 40.0. The van der Waals surface area contributed by atoms with Crippen molar-refractivity contribution in [3.8, 4) is 11.5 Å². The predicted octanol–water partition coefficient (Wildman–Crippen LogP) is 4.63. The summed E-state index contributed by atoms with van der Waals surface area (Å²) in [5.41, 5.74) is -0.186. The molecule has 5 rings (SSSR count). The molecule has 0 heterocycles. The average Bonchev–Trinajstić information content (AvgIpc) is 2.66. The van der Waals surface area contributed by atoms with Gasteiger partial charge in [0.05, 0.1) is 12.2 Å². The van der Waals surface area contributed by atoms with Gasteiger partial charge in [-0.3, -0.25) is 4.79 Å². The molecule has 4 aliphatic carbocycles. The van der Waals surface area contributed by atoms with Crippen LogP contribution in [0.25, 0.3) is 0 Å². The van der Waals surface area contributed by atoms with Crippen LogP contribution in [-0.2, 0) is 9.53 Å². The molecular weight excluding hydrogens is 382 g/mol. The zero-order valence-corrected chi connectivity index (χ0v) is 16.5. The van der Waals surface area contributed by atoms with Crippen LogP contribution in [0.3, 0.4) is 0 Å². The second-order valence-corrected chi connectivity index (χ2v) is 8.67. The first-order valence-corrected chi connectivity index (χ1v) is 10.3. The molecule has 0 aliphatic heterocycles. The highest BCUT2D eigenvalue weighted by Gasteiger charge is 2.54. The second-order valence-electron chi connectivity index (χ2n) is 8.67. The average molecular weight is 408 g/mol. The van der Waals surface area contributed by atoms with Gasteiger partial charge in [0, 0.05) is 5.41 Å². The number of ketones is 1. The lowest BCUT2D eigenvalue weighted by Crippen LogP contribution is -2.51. The van der Waals surface area contributed by atoms with Crippen LogP contribution in [0.4, 0.5) is 8.78 Å². The minimum absolute atomic E-state index is 0.0210. The molecule has 4 saturated carbocycles. The molecule has 0 radical (unpaired) electrons. The van der Waals surface area contributed by atoms with Gasteiger partial charge in [-0.2, -0.15) is 8.78 Å². The number of carbonyl (C=O) groups excluding carboxylic acids is 2. The molecule has 4 bridgehead atoms. The Kier molecular flexibility index (Phi) is 5.49. The molecular formula is C22H26F2O5. The van der Waals surface area contributed by atoms with E-state index in [-0.39, 0.29) is 41.5 Å². The molecule has 0 spiro atoms. The Bertz CT molecular complexity index is 756. The Hall–Kier alpha value is -2.18. The quantitative estimate of drug-likeness (QED) is 0.587. The van der Waals surface area contributed by atoms with E-state index in [1.807, 2.05) is 0 Å². The standard InChI is InChI=1S/C22H26F2O5/c1-2-27-18-8-16(3-4-17(18)29-21(23)24)20(26)28-12-19(25)22-9-13-5-14(10-22)7-15(6-13)11-22/h3-4,8,13-15,21H,2,5-7,9-12H2,1H3. The van der Waals surface area contributed by atoms with Crippen LogP contribution < -0.4 is 9.47 Å². The van der Waals surface area contributed by atoms with Crippen LogP contribution in [0.15, 0.2) is 18.2 Å². The Balaban J connectivity index is 1.40. The normalized spacial score (nSPS) is 29.7. The summed E-state index contributed by atoms with van der Waals surface area (Å²) in [6.07, 6.45) is 6.47. The third kappa shape index (κ3) is 4.09. The zero-order valence-electron chi connectivity index (χ0n) is 16.5. The molecule has 1 aromatic carbocycles. The van der Waals surface area contributed by atoms with Gasteiger partial charge in [-0.1, -0.05) is 0 Å². The van der Waals surface area contributed by atoms with E-state index in [9.17, 15) is 18.4 Å². The molecule has 29 heavy (non-hydrogen) atoms. The van der Waals surface area contributed by atoms with Gasteiger partial charge in [-0.15, -0.1) is 0 Å². The SMILES string of the molecule is CCOc1cc(C(=O)OCC(=O)C23CC4CC(CC(C4)C2)C3)ccc1OC(F)F. The van der Waals surface area contributed by atoms with E-state index >= 15 is 0 Å². The van der Waals surface area contributed by atoms with E-state index in [4.69, 9.17) is 9.47 Å². The van der Waals surface area contributed by atoms with Gasteiger partial charge in [0.1, 0.15) is 0 Å². The van der Waals surface area contributed by atoms with Crippen molar-refractivity contribution in [2.24, 2.45) is 23.2 Å². The first-order valence-electron chi connectivity index (χ1n) is 10.3. The smallest absolute Gasteiger partial charge is 0.387 e. The van der Waals surface area contributed by atoms with Gasteiger partial charge in [0.2, 0.25) is 0 Å². The van der Waals surface area contributed by atoms with E-state index in [1.54, 1.807) is 6.92 Å². The van der Waals surface area contributed by atoms with Crippen molar-refractivity contribution >= 4 is 11.8 Å². The number of Topliss-reactive ketones (excluding diaryl/α,β-unsaturated/α-hetero) is 1. The number of hydrogen-bond donors (Lipinski definition) is 0. The molecule has 5 nitrogen and oxygen atoms in total. The molecule has 0 unspecified atom stereocenters. The Morgan fingerprint density at radius 3 is 2.24 bits per heavy atom. The summed E-state index contributed by atoms with van der Waals surface area (Å²) in [6.45, 7) is -1.32. The highest BCUT2D eigenvalue weighted by atomic mass is 19.3. The summed E-state index contributed by atoms with van der Waals surface area (Å²) in [6, 6.07) is 3.88. The van der Waals surface area contributed by atoms with E-state index < -0.39 is 12.6 Å². The number of esters is 1. The molecule has 0 N–H and O–H groups in total. The molecule has 1 aromatic rings. The molecule has 0 aromatic heterocycles. The van der Waals surface area contributed by atoms with Crippen LogP contribution in [-0.4, -0.2) is 31.6 Å². The highest BCUT2D eigenvalue weighted by molar-refractivity contribution is 5.93. The fraction of sp³-hybridized carbons (Fsp3) is 0.636. The molecule has 4 fully saturated rings. The summed E-state index contributed by atoms with van der Waals surface area (Å²) in [7, 11) is 0. The Labute approximate surface area is 168 Å². The predicted molar refractivity (Wildman–Crippen MR) is 100 cm³/mol. The monoisotopic (exact) mass is 408 g/mol. The number of rotatable bonds is 8. The van der Waals surface area contributed by atoms with Crippen LogP contribution in [0.2, 0.25) is 0 Å². The number of ether oxygens (including phenoxy) is 3. The van der Waals surface area contributed by atoms with Crippen molar-refractivity contribution in [1.82, 2.24) is 0 Å². The Morgan fingerprint density at radius 1 is 1.07 bits per heavy atom. The number of benzene rings is 1. The van der Waals surface area contributed by atoms with Gasteiger partial charge in [-0.05, 0) is 81.4 Å². The van der Waals surface area contributed by atoms with E-state index in [1.165, 1.54) is 37.5 Å². The number of hydrogen-bond acceptors (Lipinski definition) is 5. The van der Waals surface area contributed by atoms with Crippen molar-refractivity contribution in [3.05, 3.63) is 23.8 Å². The van der Waals surface area contributed by atoms with E-state index in [0.717, 1.165) is 19.3 Å². The summed E-state index contributed by atoms with van der Waals surface area (Å²) in [5.74, 6) is 1.14. The molecule has 0 saturated heterocycles. The van der Waals surface area contributed by atoms with Crippen molar-refractivity contribution in [2.45, 2.75) is 52.1 Å². The summed E-state index contributed by atoms with van der Waals surface area (Å²) >= 11 is 0. The van der Waals surface area contributed by atoms with Gasteiger partial charge in [0.15, 0.2) is 23.9 Å².